The zero-order valence-electron chi connectivity index (χ0n) is 26.2. The summed E-state index contributed by atoms with van der Waals surface area (Å²) in [6.07, 6.45) is 1.11. The quantitative estimate of drug-likeness (QED) is 0.203. The molecule has 1 saturated carbocycles. The summed E-state index contributed by atoms with van der Waals surface area (Å²) in [6.45, 7) is 3.46. The standard InChI is InChI=1S/C35H35N5O7S/c1-3-23-19-35(23,34(43)39-48(44,45)26-12-8-5-9-13-26)38-33(42)30-17-25(21-40(30)32(41)20-36)47-31-18-28(22-10-6-4-7-11-22)37-29-16-24(46-2)14-15-27(29)31/h3-16,18,23,25,30H,1,17,19-21,36H2,2H3,(H,38,42)(H,39,43)/t23-,25-,30+,35-/m1/s1. The maximum absolute atomic E-state index is 13.9. The summed E-state index contributed by atoms with van der Waals surface area (Å²) in [4.78, 5) is 46.4. The zero-order chi connectivity index (χ0) is 34.1. The number of nitrogens with one attached hydrogen (secondary N) is 2. The van der Waals surface area contributed by atoms with Gasteiger partial charge in [0.1, 0.15) is 29.2 Å². The molecule has 3 amide bonds. The minimum atomic E-state index is -4.21. The number of hydrogen-bond donors (Lipinski definition) is 3. The molecule has 48 heavy (non-hydrogen) atoms. The summed E-state index contributed by atoms with van der Waals surface area (Å²) in [5.74, 6) is -1.39. The summed E-state index contributed by atoms with van der Waals surface area (Å²) in [7, 11) is -2.64. The van der Waals surface area contributed by atoms with E-state index in [2.05, 4.69) is 16.6 Å². The summed E-state index contributed by atoms with van der Waals surface area (Å²) < 4.78 is 39.9. The maximum atomic E-state index is 13.9. The van der Waals surface area contributed by atoms with Gasteiger partial charge in [-0.1, -0.05) is 54.6 Å². The Labute approximate surface area is 278 Å². The first kappa shape index (κ1) is 32.7. The second-order valence-corrected chi connectivity index (χ2v) is 13.4. The minimum Gasteiger partial charge on any atom is -0.497 e. The smallest absolute Gasteiger partial charge is 0.264 e. The van der Waals surface area contributed by atoms with Crippen molar-refractivity contribution < 1.29 is 32.3 Å². The van der Waals surface area contributed by atoms with E-state index in [1.165, 1.54) is 35.2 Å². The molecule has 4 N–H and O–H groups in total. The number of hydrogen-bond acceptors (Lipinski definition) is 9. The predicted molar refractivity (Wildman–Crippen MR) is 178 cm³/mol. The van der Waals surface area contributed by atoms with Gasteiger partial charge in [0, 0.05) is 35.4 Å². The van der Waals surface area contributed by atoms with Gasteiger partial charge in [0.15, 0.2) is 0 Å². The van der Waals surface area contributed by atoms with Crippen molar-refractivity contribution in [3.63, 3.8) is 0 Å². The van der Waals surface area contributed by atoms with Crippen LogP contribution in [0.25, 0.3) is 22.2 Å². The maximum Gasteiger partial charge on any atom is 0.264 e. The second kappa shape index (κ2) is 13.1. The van der Waals surface area contributed by atoms with Crippen LogP contribution in [-0.2, 0) is 24.4 Å². The van der Waals surface area contributed by atoms with E-state index in [0.717, 1.165) is 5.56 Å². The van der Waals surface area contributed by atoms with Gasteiger partial charge < -0.3 is 25.4 Å². The van der Waals surface area contributed by atoms with Gasteiger partial charge in [-0.25, -0.2) is 18.1 Å². The van der Waals surface area contributed by atoms with Crippen molar-refractivity contribution in [1.29, 1.82) is 0 Å². The topological polar surface area (TPSA) is 170 Å². The Morgan fingerprint density at radius 3 is 2.42 bits per heavy atom. The lowest BCUT2D eigenvalue weighted by atomic mass is 10.1. The summed E-state index contributed by atoms with van der Waals surface area (Å²) in [6, 6.07) is 23.3. The van der Waals surface area contributed by atoms with Gasteiger partial charge in [-0.2, -0.15) is 0 Å². The Hall–Kier alpha value is -5.27. The first-order valence-electron chi connectivity index (χ1n) is 15.4. The van der Waals surface area contributed by atoms with E-state index in [9.17, 15) is 22.8 Å². The molecule has 1 saturated heterocycles. The number of sulfonamides is 1. The largest absolute Gasteiger partial charge is 0.497 e. The SMILES string of the molecule is C=C[C@@H]1C[C@]1(NC(=O)[C@@H]1C[C@@H](Oc2cc(-c3ccccc3)nc3cc(OC)ccc23)CN1C(=O)CN)C(=O)NS(=O)(=O)c1ccccc1. The average Bonchev–Trinajstić information content (AvgIpc) is 3.67. The van der Waals surface area contributed by atoms with E-state index >= 15 is 0 Å². The number of aromatic nitrogens is 1. The molecule has 2 fully saturated rings. The normalized spacial score (nSPS) is 21.7. The van der Waals surface area contributed by atoms with Crippen LogP contribution in [0.5, 0.6) is 11.5 Å². The number of amides is 3. The lowest BCUT2D eigenvalue weighted by Crippen LogP contribution is -2.56. The zero-order valence-corrected chi connectivity index (χ0v) is 27.0. The third-order valence-electron chi connectivity index (χ3n) is 8.73. The molecule has 1 aliphatic carbocycles. The molecule has 0 spiro atoms. The van der Waals surface area contributed by atoms with E-state index in [4.69, 9.17) is 20.2 Å². The second-order valence-electron chi connectivity index (χ2n) is 11.8. The van der Waals surface area contributed by atoms with E-state index in [-0.39, 0.29) is 30.8 Å². The highest BCUT2D eigenvalue weighted by Gasteiger charge is 2.61. The average molecular weight is 670 g/mol. The van der Waals surface area contributed by atoms with Crippen LogP contribution < -0.4 is 25.2 Å². The molecule has 6 rings (SSSR count). The molecule has 248 valence electrons. The number of ether oxygens (including phenoxy) is 2. The number of likely N-dealkylation sites (tertiary alicyclic amines) is 1. The Bertz CT molecular complexity index is 1990. The first-order chi connectivity index (χ1) is 23.1. The molecule has 0 radical (unpaired) electrons. The van der Waals surface area contributed by atoms with Gasteiger partial charge in [-0.3, -0.25) is 14.4 Å². The Balaban J connectivity index is 1.26. The first-order valence-corrected chi connectivity index (χ1v) is 16.8. The summed E-state index contributed by atoms with van der Waals surface area (Å²) >= 11 is 0. The number of pyridine rings is 1. The molecule has 0 unspecified atom stereocenters. The molecular formula is C35H35N5O7S. The highest BCUT2D eigenvalue weighted by Crippen LogP contribution is 2.45. The lowest BCUT2D eigenvalue weighted by Gasteiger charge is -2.26. The lowest BCUT2D eigenvalue weighted by molar-refractivity contribution is -0.138. The third-order valence-corrected chi connectivity index (χ3v) is 10.1. The molecule has 3 aromatic carbocycles. The van der Waals surface area contributed by atoms with Gasteiger partial charge in [0.05, 0.1) is 36.3 Å². The van der Waals surface area contributed by atoms with E-state index in [1.807, 2.05) is 42.5 Å². The molecule has 1 aliphatic heterocycles. The third kappa shape index (κ3) is 6.34. The van der Waals surface area contributed by atoms with Crippen molar-refractivity contribution in [2.24, 2.45) is 11.7 Å². The van der Waals surface area contributed by atoms with Crippen LogP contribution in [0.3, 0.4) is 0 Å². The van der Waals surface area contributed by atoms with Gasteiger partial charge >= 0.3 is 0 Å². The number of methoxy groups -OCH3 is 1. The molecular weight excluding hydrogens is 634 g/mol. The van der Waals surface area contributed by atoms with Gasteiger partial charge in [0.25, 0.3) is 15.9 Å². The van der Waals surface area contributed by atoms with Crippen LogP contribution in [0.2, 0.25) is 0 Å². The fraction of sp³-hybridized carbons (Fsp3) is 0.257. The molecule has 2 heterocycles. The Kier molecular flexibility index (Phi) is 8.91. The van der Waals surface area contributed by atoms with Crippen LogP contribution in [0.4, 0.5) is 0 Å². The van der Waals surface area contributed by atoms with Crippen molar-refractivity contribution in [2.45, 2.75) is 35.4 Å². The Morgan fingerprint density at radius 1 is 1.06 bits per heavy atom. The van der Waals surface area contributed by atoms with Crippen molar-refractivity contribution in [2.75, 3.05) is 20.2 Å². The van der Waals surface area contributed by atoms with Crippen molar-refractivity contribution >= 4 is 38.6 Å². The van der Waals surface area contributed by atoms with Crippen LogP contribution in [0.1, 0.15) is 12.8 Å². The van der Waals surface area contributed by atoms with Gasteiger partial charge in [0.2, 0.25) is 11.8 Å². The molecule has 0 bridgehead atoms. The number of carbonyl (C=O) groups is 3. The van der Waals surface area contributed by atoms with Crippen molar-refractivity contribution in [3.05, 3.63) is 97.6 Å². The predicted octanol–water partition coefficient (Wildman–Crippen LogP) is 2.78. The van der Waals surface area contributed by atoms with Crippen LogP contribution in [-0.4, -0.2) is 73.9 Å². The van der Waals surface area contributed by atoms with Crippen LogP contribution in [0.15, 0.2) is 102 Å². The molecule has 1 aromatic heterocycles. The molecule has 4 aromatic rings. The van der Waals surface area contributed by atoms with Crippen LogP contribution in [0, 0.1) is 5.92 Å². The molecule has 4 atom stereocenters. The number of rotatable bonds is 11. The van der Waals surface area contributed by atoms with Crippen molar-refractivity contribution in [3.8, 4) is 22.8 Å². The highest BCUT2D eigenvalue weighted by atomic mass is 32.2. The van der Waals surface area contributed by atoms with Gasteiger partial charge in [-0.05, 0) is 30.7 Å². The Morgan fingerprint density at radius 2 is 1.77 bits per heavy atom. The van der Waals surface area contributed by atoms with E-state index < -0.39 is 51.3 Å². The van der Waals surface area contributed by atoms with E-state index in [1.54, 1.807) is 25.3 Å². The molecule has 13 heteroatoms. The fourth-order valence-electron chi connectivity index (χ4n) is 6.07. The summed E-state index contributed by atoms with van der Waals surface area (Å²) in [5, 5.41) is 3.46. The number of nitrogens with zero attached hydrogens (tertiary/aromatic N) is 2. The van der Waals surface area contributed by atoms with Crippen molar-refractivity contribution in [1.82, 2.24) is 19.9 Å². The molecule has 12 nitrogen and oxygen atoms in total. The highest BCUT2D eigenvalue weighted by molar-refractivity contribution is 7.90. The number of fused-ring (bicyclic) bond motifs is 1. The minimum absolute atomic E-state index is 0.0568. The van der Waals surface area contributed by atoms with E-state index in [0.29, 0.717) is 28.1 Å². The monoisotopic (exact) mass is 669 g/mol. The fourth-order valence-corrected chi connectivity index (χ4v) is 7.13. The summed E-state index contributed by atoms with van der Waals surface area (Å²) in [5.41, 5.74) is 6.34. The van der Waals surface area contributed by atoms with Crippen LogP contribution >= 0.6 is 0 Å². The number of carbonyl (C=O) groups excluding carboxylic acids is 3. The molecule has 2 aliphatic rings. The van der Waals surface area contributed by atoms with Gasteiger partial charge in [-0.15, -0.1) is 6.58 Å². The number of benzene rings is 3. The number of nitrogens with two attached hydrogens (primary N) is 1.